The van der Waals surface area contributed by atoms with E-state index in [1.54, 1.807) is 0 Å². The number of ether oxygens (including phenoxy) is 2. The SMILES string of the molecule is CC1CCCOCOC(Br)CCC(C)CC(C)CC(C)CC(C)CC(C)CC(C)C1. The largest absolute Gasteiger partial charge is 0.355 e. The topological polar surface area (TPSA) is 18.5 Å². The summed E-state index contributed by atoms with van der Waals surface area (Å²) in [6.45, 7) is 18.4. The summed E-state index contributed by atoms with van der Waals surface area (Å²) in [6, 6.07) is 0. The van der Waals surface area contributed by atoms with E-state index in [1.165, 1.54) is 51.4 Å². The van der Waals surface area contributed by atoms with E-state index in [9.17, 15) is 0 Å². The monoisotopic (exact) mass is 488 g/mol. The number of rotatable bonds is 0. The lowest BCUT2D eigenvalue weighted by molar-refractivity contribution is -0.0655. The normalized spacial score (nSPS) is 40.8. The molecule has 30 heavy (non-hydrogen) atoms. The molecule has 180 valence electrons. The maximum Gasteiger partial charge on any atom is 0.148 e. The Kier molecular flexibility index (Phi) is 15.2. The van der Waals surface area contributed by atoms with E-state index in [1.807, 2.05) is 0 Å². The van der Waals surface area contributed by atoms with Crippen molar-refractivity contribution in [1.82, 2.24) is 0 Å². The van der Waals surface area contributed by atoms with Crippen LogP contribution in [0, 0.1) is 41.4 Å². The molecule has 0 radical (unpaired) electrons. The zero-order valence-corrected chi connectivity index (χ0v) is 22.9. The molecule has 0 aromatic carbocycles. The molecule has 3 heteroatoms. The van der Waals surface area contributed by atoms with Gasteiger partial charge in [0.05, 0.1) is 0 Å². The fourth-order valence-corrected chi connectivity index (χ4v) is 6.42. The van der Waals surface area contributed by atoms with E-state index in [4.69, 9.17) is 9.47 Å². The molecule has 8 atom stereocenters. The molecule has 1 aliphatic rings. The van der Waals surface area contributed by atoms with Crippen molar-refractivity contribution in [2.24, 2.45) is 41.4 Å². The molecule has 0 aromatic heterocycles. The van der Waals surface area contributed by atoms with Crippen LogP contribution in [0.15, 0.2) is 0 Å². The van der Waals surface area contributed by atoms with E-state index >= 15 is 0 Å². The van der Waals surface area contributed by atoms with E-state index in [-0.39, 0.29) is 5.01 Å². The molecule has 0 amide bonds. The minimum Gasteiger partial charge on any atom is -0.355 e. The van der Waals surface area contributed by atoms with Crippen LogP contribution < -0.4 is 0 Å². The second-order valence-corrected chi connectivity index (χ2v) is 12.5. The Balaban J connectivity index is 2.57. The van der Waals surface area contributed by atoms with Crippen molar-refractivity contribution in [3.8, 4) is 0 Å². The highest BCUT2D eigenvalue weighted by atomic mass is 79.9. The highest BCUT2D eigenvalue weighted by Gasteiger charge is 2.19. The second kappa shape index (κ2) is 16.1. The molecule has 1 saturated heterocycles. The molecule has 8 unspecified atom stereocenters. The van der Waals surface area contributed by atoms with Crippen LogP contribution in [0.2, 0.25) is 0 Å². The maximum absolute atomic E-state index is 5.81. The summed E-state index contributed by atoms with van der Waals surface area (Å²) in [6.07, 6.45) is 12.9. The summed E-state index contributed by atoms with van der Waals surface area (Å²) in [5.41, 5.74) is 0. The van der Waals surface area contributed by atoms with Gasteiger partial charge in [-0.05, 0) is 106 Å². The first-order valence-corrected chi connectivity index (χ1v) is 13.9. The molecule has 0 N–H and O–H groups in total. The zero-order chi connectivity index (χ0) is 22.5. The first-order valence-electron chi connectivity index (χ1n) is 13.0. The third kappa shape index (κ3) is 14.5. The minimum atomic E-state index is 0.120. The third-order valence-corrected chi connectivity index (χ3v) is 7.75. The Labute approximate surface area is 197 Å². The molecule has 0 bridgehead atoms. The van der Waals surface area contributed by atoms with Crippen LogP contribution in [0.5, 0.6) is 0 Å². The Morgan fingerprint density at radius 2 is 0.933 bits per heavy atom. The van der Waals surface area contributed by atoms with Crippen molar-refractivity contribution in [3.05, 3.63) is 0 Å². The summed E-state index contributed by atoms with van der Waals surface area (Å²) in [5, 5.41) is 0.120. The summed E-state index contributed by atoms with van der Waals surface area (Å²) in [7, 11) is 0. The van der Waals surface area contributed by atoms with Gasteiger partial charge >= 0.3 is 0 Å². The molecule has 0 spiro atoms. The van der Waals surface area contributed by atoms with Crippen molar-refractivity contribution in [3.63, 3.8) is 0 Å². The molecule has 0 aliphatic carbocycles. The lowest BCUT2D eigenvalue weighted by Gasteiger charge is -2.26. The van der Waals surface area contributed by atoms with Gasteiger partial charge in [-0.1, -0.05) is 64.4 Å². The minimum absolute atomic E-state index is 0.120. The van der Waals surface area contributed by atoms with E-state index in [2.05, 4.69) is 64.4 Å². The number of hydrogen-bond donors (Lipinski definition) is 0. The van der Waals surface area contributed by atoms with Crippen LogP contribution in [-0.2, 0) is 9.47 Å². The van der Waals surface area contributed by atoms with Gasteiger partial charge in [0.1, 0.15) is 11.8 Å². The van der Waals surface area contributed by atoms with Gasteiger partial charge in [-0.25, -0.2) is 0 Å². The average molecular weight is 490 g/mol. The van der Waals surface area contributed by atoms with Crippen LogP contribution in [0.4, 0.5) is 0 Å². The lowest BCUT2D eigenvalue weighted by Crippen LogP contribution is -2.15. The van der Waals surface area contributed by atoms with Gasteiger partial charge < -0.3 is 9.47 Å². The number of halogens is 1. The van der Waals surface area contributed by atoms with E-state index in [0.717, 1.165) is 60.9 Å². The number of hydrogen-bond acceptors (Lipinski definition) is 2. The Morgan fingerprint density at radius 3 is 1.40 bits per heavy atom. The molecule has 1 aliphatic heterocycles. The standard InChI is InChI=1S/C27H53BrO2/c1-20-9-8-12-29-19-30-27(28)11-10-21(2)14-23(4)16-25(6)18-26(7)17-24(5)15-22(3)13-20/h20-27H,8-19H2,1-7H3. The van der Waals surface area contributed by atoms with Gasteiger partial charge in [-0.15, -0.1) is 0 Å². The third-order valence-electron chi connectivity index (χ3n) is 7.03. The van der Waals surface area contributed by atoms with Gasteiger partial charge in [-0.2, -0.15) is 0 Å². The first kappa shape index (κ1) is 28.4. The van der Waals surface area contributed by atoms with Gasteiger partial charge in [0.15, 0.2) is 0 Å². The highest BCUT2D eigenvalue weighted by Crippen LogP contribution is 2.31. The van der Waals surface area contributed by atoms with Crippen molar-refractivity contribution >= 4 is 15.9 Å². The molecule has 1 rings (SSSR count). The summed E-state index contributed by atoms with van der Waals surface area (Å²) in [4.78, 5) is 0. The van der Waals surface area contributed by atoms with Crippen LogP contribution in [0.25, 0.3) is 0 Å². The second-order valence-electron chi connectivity index (χ2n) is 11.5. The maximum atomic E-state index is 5.81. The quantitative estimate of drug-likeness (QED) is 0.316. The zero-order valence-electron chi connectivity index (χ0n) is 21.3. The average Bonchev–Trinajstić information content (AvgIpc) is 2.61. The van der Waals surface area contributed by atoms with Gasteiger partial charge in [0.25, 0.3) is 0 Å². The fraction of sp³-hybridized carbons (Fsp3) is 1.00. The molecule has 1 fully saturated rings. The summed E-state index contributed by atoms with van der Waals surface area (Å²) >= 11 is 3.68. The van der Waals surface area contributed by atoms with E-state index < -0.39 is 0 Å². The van der Waals surface area contributed by atoms with Crippen molar-refractivity contribution in [2.45, 2.75) is 118 Å². The van der Waals surface area contributed by atoms with Crippen LogP contribution in [0.1, 0.15) is 113 Å². The predicted octanol–water partition coefficient (Wildman–Crippen LogP) is 9.07. The number of alkyl halides is 1. The van der Waals surface area contributed by atoms with Gasteiger partial charge in [0, 0.05) is 6.61 Å². The smallest absolute Gasteiger partial charge is 0.148 e. The highest BCUT2D eigenvalue weighted by molar-refractivity contribution is 9.09. The Morgan fingerprint density at radius 1 is 0.533 bits per heavy atom. The first-order chi connectivity index (χ1) is 14.2. The van der Waals surface area contributed by atoms with Crippen molar-refractivity contribution in [1.29, 1.82) is 0 Å². The lowest BCUT2D eigenvalue weighted by atomic mass is 9.80. The van der Waals surface area contributed by atoms with Crippen molar-refractivity contribution < 1.29 is 9.47 Å². The Bertz CT molecular complexity index is 416. The van der Waals surface area contributed by atoms with E-state index in [0.29, 0.717) is 6.79 Å². The van der Waals surface area contributed by atoms with Crippen LogP contribution in [-0.4, -0.2) is 18.4 Å². The summed E-state index contributed by atoms with van der Waals surface area (Å²) in [5.74, 6) is 5.74. The molecule has 0 aromatic rings. The van der Waals surface area contributed by atoms with Crippen LogP contribution >= 0.6 is 15.9 Å². The molecule has 1 heterocycles. The van der Waals surface area contributed by atoms with Gasteiger partial charge in [-0.3, -0.25) is 0 Å². The molecular formula is C27H53BrO2. The Hall–Kier alpha value is 0.400. The van der Waals surface area contributed by atoms with Crippen LogP contribution in [0.3, 0.4) is 0 Å². The summed E-state index contributed by atoms with van der Waals surface area (Å²) < 4.78 is 11.5. The van der Waals surface area contributed by atoms with Crippen molar-refractivity contribution in [2.75, 3.05) is 13.4 Å². The predicted molar refractivity (Wildman–Crippen MR) is 135 cm³/mol. The van der Waals surface area contributed by atoms with Gasteiger partial charge in [0.2, 0.25) is 0 Å². The molecular weight excluding hydrogens is 436 g/mol. The molecule has 0 saturated carbocycles. The molecule has 2 nitrogen and oxygen atoms in total. The fourth-order valence-electron chi connectivity index (χ4n) is 6.05.